The number of nitrogens with zero attached hydrogens (tertiary/aromatic N) is 1. The number of rotatable bonds is 6. The van der Waals surface area contributed by atoms with Crippen molar-refractivity contribution in [1.29, 1.82) is 0 Å². The minimum absolute atomic E-state index is 0.285. The quantitative estimate of drug-likeness (QED) is 0.456. The summed E-state index contributed by atoms with van der Waals surface area (Å²) >= 11 is 0. The SMILES string of the molecule is [CH2]C(=O)N(CCP(=O)(O)O)CCP(=O)(O)O. The van der Waals surface area contributed by atoms with Gasteiger partial charge in [-0.2, -0.15) is 0 Å². The predicted octanol–water partition coefficient (Wildman–Crippen LogP) is -0.996. The molecule has 0 aromatic carbocycles. The van der Waals surface area contributed by atoms with E-state index in [0.717, 1.165) is 4.90 Å². The van der Waals surface area contributed by atoms with Crippen LogP contribution in [0.4, 0.5) is 0 Å². The summed E-state index contributed by atoms with van der Waals surface area (Å²) in [6.45, 7) is 2.45. The lowest BCUT2D eigenvalue weighted by molar-refractivity contribution is -0.125. The highest BCUT2D eigenvalue weighted by atomic mass is 31.2. The van der Waals surface area contributed by atoms with E-state index in [2.05, 4.69) is 6.92 Å². The Kier molecular flexibility index (Phi) is 5.82. The fourth-order valence-corrected chi connectivity index (χ4v) is 1.87. The van der Waals surface area contributed by atoms with Gasteiger partial charge in [-0.25, -0.2) is 0 Å². The van der Waals surface area contributed by atoms with Crippen molar-refractivity contribution >= 4 is 21.1 Å². The first-order valence-corrected chi connectivity index (χ1v) is 7.81. The molecule has 1 radical (unpaired) electrons. The second kappa shape index (κ2) is 5.91. The maximum atomic E-state index is 10.9. The van der Waals surface area contributed by atoms with Crippen molar-refractivity contribution < 1.29 is 33.5 Å². The third kappa shape index (κ3) is 9.03. The highest BCUT2D eigenvalue weighted by molar-refractivity contribution is 7.52. The molecule has 0 heterocycles. The summed E-state index contributed by atoms with van der Waals surface area (Å²) < 4.78 is 21.1. The smallest absolute Gasteiger partial charge is 0.327 e. The van der Waals surface area contributed by atoms with Gasteiger partial charge in [0, 0.05) is 20.0 Å². The lowest BCUT2D eigenvalue weighted by Crippen LogP contribution is -2.34. The zero-order valence-electron chi connectivity index (χ0n) is 8.39. The normalized spacial score (nSPS) is 12.6. The molecule has 0 bridgehead atoms. The largest absolute Gasteiger partial charge is 0.341 e. The molecule has 0 spiro atoms. The summed E-state index contributed by atoms with van der Waals surface area (Å²) in [5.41, 5.74) is 0. The second-order valence-corrected chi connectivity index (χ2v) is 6.71. The van der Waals surface area contributed by atoms with Crippen LogP contribution >= 0.6 is 15.2 Å². The third-order valence-electron chi connectivity index (χ3n) is 1.68. The Morgan fingerprint density at radius 3 is 1.50 bits per heavy atom. The molecule has 0 rings (SSSR count). The molecule has 8 nitrogen and oxygen atoms in total. The Bertz CT molecular complexity index is 306. The van der Waals surface area contributed by atoms with E-state index in [0.29, 0.717) is 0 Å². The van der Waals surface area contributed by atoms with E-state index in [-0.39, 0.29) is 13.1 Å². The van der Waals surface area contributed by atoms with E-state index in [1.54, 1.807) is 0 Å². The maximum Gasteiger partial charge on any atom is 0.327 e. The lowest BCUT2D eigenvalue weighted by atomic mass is 10.5. The van der Waals surface area contributed by atoms with Gasteiger partial charge in [0.2, 0.25) is 5.91 Å². The van der Waals surface area contributed by atoms with Crippen molar-refractivity contribution in [3.63, 3.8) is 0 Å². The van der Waals surface area contributed by atoms with Gasteiger partial charge in [0.25, 0.3) is 0 Å². The second-order valence-electron chi connectivity index (χ2n) is 3.16. The highest BCUT2D eigenvalue weighted by Gasteiger charge is 2.20. The van der Waals surface area contributed by atoms with Gasteiger partial charge in [0.15, 0.2) is 0 Å². The van der Waals surface area contributed by atoms with Crippen LogP contribution in [0.2, 0.25) is 0 Å². The van der Waals surface area contributed by atoms with Crippen molar-refractivity contribution in [2.24, 2.45) is 0 Å². The lowest BCUT2D eigenvalue weighted by Gasteiger charge is -2.21. The maximum absolute atomic E-state index is 10.9. The van der Waals surface area contributed by atoms with E-state index >= 15 is 0 Å². The Morgan fingerprint density at radius 1 is 1.00 bits per heavy atom. The molecular weight excluding hydrogens is 260 g/mol. The van der Waals surface area contributed by atoms with Gasteiger partial charge in [-0.05, 0) is 0 Å². The minimum atomic E-state index is -4.24. The van der Waals surface area contributed by atoms with E-state index in [1.807, 2.05) is 0 Å². The Balaban J connectivity index is 4.25. The molecule has 0 atom stereocenters. The van der Waals surface area contributed by atoms with Gasteiger partial charge in [-0.1, -0.05) is 0 Å². The van der Waals surface area contributed by atoms with E-state index in [4.69, 9.17) is 19.6 Å². The summed E-state index contributed by atoms with van der Waals surface area (Å²) in [7, 11) is -8.48. The summed E-state index contributed by atoms with van der Waals surface area (Å²) in [4.78, 5) is 46.1. The summed E-state index contributed by atoms with van der Waals surface area (Å²) in [5, 5.41) is 0. The van der Waals surface area contributed by atoms with Crippen LogP contribution in [0, 0.1) is 6.92 Å². The van der Waals surface area contributed by atoms with Gasteiger partial charge in [-0.15, -0.1) is 0 Å². The van der Waals surface area contributed by atoms with Crippen LogP contribution in [0.15, 0.2) is 0 Å². The fraction of sp³-hybridized carbons (Fsp3) is 0.667. The van der Waals surface area contributed by atoms with E-state index in [1.165, 1.54) is 0 Å². The zero-order valence-corrected chi connectivity index (χ0v) is 10.2. The number of hydrogen-bond donors (Lipinski definition) is 4. The number of hydrogen-bond acceptors (Lipinski definition) is 3. The topological polar surface area (TPSA) is 135 Å². The summed E-state index contributed by atoms with van der Waals surface area (Å²) in [6, 6.07) is 0. The van der Waals surface area contributed by atoms with Gasteiger partial charge in [-0.3, -0.25) is 13.9 Å². The van der Waals surface area contributed by atoms with Gasteiger partial charge < -0.3 is 24.5 Å². The number of carbonyl (C=O) groups excluding carboxylic acids is 1. The average Bonchev–Trinajstić information content (AvgIpc) is 1.98. The molecule has 0 aromatic rings. The molecule has 0 fully saturated rings. The molecule has 4 N–H and O–H groups in total. The van der Waals surface area contributed by atoms with Crippen molar-refractivity contribution in [3.8, 4) is 0 Å². The Morgan fingerprint density at radius 2 is 1.31 bits per heavy atom. The molecular formula is C6H14NO7P2. The molecule has 0 saturated carbocycles. The van der Waals surface area contributed by atoms with Crippen LogP contribution in [0.3, 0.4) is 0 Å². The van der Waals surface area contributed by atoms with Crippen molar-refractivity contribution in [3.05, 3.63) is 6.92 Å². The van der Waals surface area contributed by atoms with Gasteiger partial charge in [0.05, 0.1) is 12.3 Å². The molecule has 0 aliphatic carbocycles. The molecule has 0 aliphatic rings. The molecule has 0 aromatic heterocycles. The number of amides is 1. The predicted molar refractivity (Wildman–Crippen MR) is 55.8 cm³/mol. The van der Waals surface area contributed by atoms with Crippen LogP contribution < -0.4 is 0 Å². The molecule has 16 heavy (non-hydrogen) atoms. The van der Waals surface area contributed by atoms with Crippen molar-refractivity contribution in [2.75, 3.05) is 25.4 Å². The van der Waals surface area contributed by atoms with Crippen molar-refractivity contribution in [1.82, 2.24) is 4.90 Å². The third-order valence-corrected chi connectivity index (χ3v) is 3.24. The first-order valence-electron chi connectivity index (χ1n) is 4.21. The Hall–Kier alpha value is -0.230. The fourth-order valence-electron chi connectivity index (χ4n) is 0.863. The van der Waals surface area contributed by atoms with Crippen LogP contribution in [-0.4, -0.2) is 55.8 Å². The summed E-state index contributed by atoms with van der Waals surface area (Å²) in [5.74, 6) is -0.734. The molecule has 10 heteroatoms. The van der Waals surface area contributed by atoms with Crippen LogP contribution in [0.5, 0.6) is 0 Å². The Labute approximate surface area is 92.6 Å². The standard InChI is InChI=1S/C6H14NO7P2/c1-6(8)7(2-4-15(9,10)11)3-5-16(12,13)14/h1-5H2,(H2,9,10,11)(H2,12,13,14). The molecule has 0 aliphatic heterocycles. The van der Waals surface area contributed by atoms with Crippen LogP contribution in [-0.2, 0) is 13.9 Å². The first-order chi connectivity index (χ1) is 7.01. The molecule has 1 amide bonds. The van der Waals surface area contributed by atoms with Crippen LogP contribution in [0.25, 0.3) is 0 Å². The zero-order chi connectivity index (χ0) is 13.0. The van der Waals surface area contributed by atoms with E-state index < -0.39 is 33.4 Å². The molecule has 0 unspecified atom stereocenters. The summed E-state index contributed by atoms with van der Waals surface area (Å²) in [6.07, 6.45) is -1.12. The molecule has 0 saturated heterocycles. The van der Waals surface area contributed by atoms with Crippen LogP contribution in [0.1, 0.15) is 0 Å². The highest BCUT2D eigenvalue weighted by Crippen LogP contribution is 2.35. The average molecular weight is 274 g/mol. The number of carbonyl (C=O) groups is 1. The molecule has 95 valence electrons. The monoisotopic (exact) mass is 274 g/mol. The van der Waals surface area contributed by atoms with Crippen molar-refractivity contribution in [2.45, 2.75) is 0 Å². The van der Waals surface area contributed by atoms with E-state index in [9.17, 15) is 13.9 Å². The first kappa shape index (κ1) is 15.8. The van der Waals surface area contributed by atoms with Gasteiger partial charge >= 0.3 is 15.2 Å². The minimum Gasteiger partial charge on any atom is -0.341 e. The van der Waals surface area contributed by atoms with Gasteiger partial charge in [0.1, 0.15) is 0 Å².